The van der Waals surface area contributed by atoms with Crippen LogP contribution in [0, 0.1) is 5.82 Å². The van der Waals surface area contributed by atoms with Crippen LogP contribution in [-0.2, 0) is 12.7 Å². The van der Waals surface area contributed by atoms with Crippen molar-refractivity contribution in [1.29, 1.82) is 0 Å². The van der Waals surface area contributed by atoms with Gasteiger partial charge in [-0.2, -0.15) is 13.2 Å². The van der Waals surface area contributed by atoms with E-state index in [1.54, 1.807) is 0 Å². The molecule has 2 nitrogen and oxygen atoms in total. The summed E-state index contributed by atoms with van der Waals surface area (Å²) in [6, 6.07) is 8.48. The van der Waals surface area contributed by atoms with E-state index in [0.29, 0.717) is 11.3 Å². The second kappa shape index (κ2) is 5.40. The number of phenolic OH excluding ortho intramolecular Hbond substituents is 1. The minimum atomic E-state index is -4.36. The average Bonchev–Trinajstić information content (AvgIpc) is 2.40. The van der Waals surface area contributed by atoms with E-state index >= 15 is 0 Å². The minimum absolute atomic E-state index is 0.252. The van der Waals surface area contributed by atoms with Crippen molar-refractivity contribution in [3.05, 3.63) is 59.4 Å². The maximum Gasteiger partial charge on any atom is 0.416 e. The number of aromatic hydroxyl groups is 1. The zero-order chi connectivity index (χ0) is 14.8. The Balaban J connectivity index is 2.02. The number of hydrogen-bond donors (Lipinski definition) is 2. The van der Waals surface area contributed by atoms with Crippen molar-refractivity contribution in [1.82, 2.24) is 0 Å². The largest absolute Gasteiger partial charge is 0.505 e. The van der Waals surface area contributed by atoms with Crippen LogP contribution in [-0.4, -0.2) is 5.11 Å². The Morgan fingerprint density at radius 2 is 1.65 bits per heavy atom. The van der Waals surface area contributed by atoms with E-state index in [-0.39, 0.29) is 6.54 Å². The van der Waals surface area contributed by atoms with Gasteiger partial charge in [0, 0.05) is 18.3 Å². The summed E-state index contributed by atoms with van der Waals surface area (Å²) in [6.07, 6.45) is -4.36. The standard InChI is InChI=1S/C14H11F4NO/c15-12-7-11(5-6-13(12)20)19-8-9-1-3-10(4-2-9)14(16,17)18/h1-7,19-20H,8H2. The Morgan fingerprint density at radius 3 is 2.20 bits per heavy atom. The molecule has 0 bridgehead atoms. The number of hydrogen-bond acceptors (Lipinski definition) is 2. The first kappa shape index (κ1) is 14.2. The first-order chi connectivity index (χ1) is 9.36. The molecule has 2 aromatic rings. The molecule has 0 aliphatic carbocycles. The van der Waals surface area contributed by atoms with Crippen LogP contribution >= 0.6 is 0 Å². The van der Waals surface area contributed by atoms with Gasteiger partial charge in [-0.1, -0.05) is 12.1 Å². The average molecular weight is 285 g/mol. The van der Waals surface area contributed by atoms with Gasteiger partial charge >= 0.3 is 6.18 Å². The van der Waals surface area contributed by atoms with E-state index in [2.05, 4.69) is 5.32 Å². The van der Waals surface area contributed by atoms with Crippen LogP contribution in [0.4, 0.5) is 23.2 Å². The molecule has 106 valence electrons. The zero-order valence-corrected chi connectivity index (χ0v) is 10.2. The predicted molar refractivity (Wildman–Crippen MR) is 66.8 cm³/mol. The molecule has 2 N–H and O–H groups in total. The summed E-state index contributed by atoms with van der Waals surface area (Å²) in [5.74, 6) is -1.22. The number of anilines is 1. The lowest BCUT2D eigenvalue weighted by Crippen LogP contribution is -2.05. The van der Waals surface area contributed by atoms with E-state index in [9.17, 15) is 17.6 Å². The van der Waals surface area contributed by atoms with Gasteiger partial charge in [-0.25, -0.2) is 4.39 Å². The first-order valence-corrected chi connectivity index (χ1v) is 5.75. The fourth-order valence-electron chi connectivity index (χ4n) is 1.63. The molecule has 0 spiro atoms. The smallest absolute Gasteiger partial charge is 0.416 e. The number of phenols is 1. The van der Waals surface area contributed by atoms with Crippen LogP contribution in [0.25, 0.3) is 0 Å². The summed E-state index contributed by atoms with van der Waals surface area (Å²) in [6.45, 7) is 0.252. The van der Waals surface area contributed by atoms with Crippen LogP contribution in [0.5, 0.6) is 5.75 Å². The molecule has 0 aliphatic rings. The summed E-state index contributed by atoms with van der Waals surface area (Å²) in [7, 11) is 0. The van der Waals surface area contributed by atoms with Gasteiger partial charge in [0.25, 0.3) is 0 Å². The molecule has 0 fully saturated rings. The molecule has 0 heterocycles. The molecule has 0 saturated carbocycles. The minimum Gasteiger partial charge on any atom is -0.505 e. The van der Waals surface area contributed by atoms with Crippen molar-refractivity contribution in [3.63, 3.8) is 0 Å². The van der Waals surface area contributed by atoms with Gasteiger partial charge in [-0.15, -0.1) is 0 Å². The zero-order valence-electron chi connectivity index (χ0n) is 10.2. The third-order valence-electron chi connectivity index (χ3n) is 2.73. The van der Waals surface area contributed by atoms with Crippen LogP contribution in [0.3, 0.4) is 0 Å². The van der Waals surface area contributed by atoms with Crippen molar-refractivity contribution in [3.8, 4) is 5.75 Å². The Bertz CT molecular complexity index is 593. The highest BCUT2D eigenvalue weighted by molar-refractivity contribution is 5.47. The summed E-state index contributed by atoms with van der Waals surface area (Å²) in [5, 5.41) is 11.9. The molecular weight excluding hydrogens is 274 g/mol. The fourth-order valence-corrected chi connectivity index (χ4v) is 1.63. The Morgan fingerprint density at radius 1 is 1.00 bits per heavy atom. The summed E-state index contributed by atoms with van der Waals surface area (Å²) in [4.78, 5) is 0. The van der Waals surface area contributed by atoms with E-state index in [1.165, 1.54) is 24.3 Å². The highest BCUT2D eigenvalue weighted by Gasteiger charge is 2.29. The molecule has 0 amide bonds. The molecule has 0 aromatic heterocycles. The summed E-state index contributed by atoms with van der Waals surface area (Å²) in [5.41, 5.74) is 0.351. The Hall–Kier alpha value is -2.24. The SMILES string of the molecule is Oc1ccc(NCc2ccc(C(F)(F)F)cc2)cc1F. The highest BCUT2D eigenvalue weighted by Crippen LogP contribution is 2.29. The van der Waals surface area contributed by atoms with Crippen LogP contribution in [0.15, 0.2) is 42.5 Å². The van der Waals surface area contributed by atoms with Gasteiger partial charge in [0.2, 0.25) is 0 Å². The number of benzene rings is 2. The summed E-state index contributed by atoms with van der Waals surface area (Å²) >= 11 is 0. The maximum atomic E-state index is 13.1. The van der Waals surface area contributed by atoms with Crippen molar-refractivity contribution in [2.24, 2.45) is 0 Å². The second-order valence-corrected chi connectivity index (χ2v) is 4.21. The van der Waals surface area contributed by atoms with E-state index in [4.69, 9.17) is 5.11 Å². The van der Waals surface area contributed by atoms with E-state index < -0.39 is 23.3 Å². The number of rotatable bonds is 3. The second-order valence-electron chi connectivity index (χ2n) is 4.21. The quantitative estimate of drug-likeness (QED) is 0.655. The van der Waals surface area contributed by atoms with Gasteiger partial charge in [-0.3, -0.25) is 0 Å². The Kier molecular flexibility index (Phi) is 3.83. The monoisotopic (exact) mass is 285 g/mol. The third kappa shape index (κ3) is 3.40. The van der Waals surface area contributed by atoms with E-state index in [1.807, 2.05) is 0 Å². The lowest BCUT2D eigenvalue weighted by Gasteiger charge is -2.09. The van der Waals surface area contributed by atoms with Crippen molar-refractivity contribution < 1.29 is 22.7 Å². The molecule has 2 rings (SSSR count). The van der Waals surface area contributed by atoms with Crippen molar-refractivity contribution in [2.75, 3.05) is 5.32 Å². The molecule has 2 aromatic carbocycles. The van der Waals surface area contributed by atoms with Gasteiger partial charge < -0.3 is 10.4 Å². The maximum absolute atomic E-state index is 13.1. The number of nitrogens with one attached hydrogen (secondary N) is 1. The third-order valence-corrected chi connectivity index (χ3v) is 2.73. The molecule has 0 aliphatic heterocycles. The number of alkyl halides is 3. The van der Waals surface area contributed by atoms with Crippen LogP contribution in [0.1, 0.15) is 11.1 Å². The number of halogens is 4. The van der Waals surface area contributed by atoms with Crippen molar-refractivity contribution >= 4 is 5.69 Å². The van der Waals surface area contributed by atoms with Crippen LogP contribution < -0.4 is 5.32 Å². The first-order valence-electron chi connectivity index (χ1n) is 5.75. The molecule has 0 radical (unpaired) electrons. The molecule has 0 saturated heterocycles. The molecule has 6 heteroatoms. The van der Waals surface area contributed by atoms with E-state index in [0.717, 1.165) is 18.2 Å². The molecular formula is C14H11F4NO. The Labute approximate surface area is 112 Å². The van der Waals surface area contributed by atoms with Gasteiger partial charge in [0.1, 0.15) is 0 Å². The summed E-state index contributed by atoms with van der Waals surface area (Å²) < 4.78 is 50.2. The highest BCUT2D eigenvalue weighted by atomic mass is 19.4. The van der Waals surface area contributed by atoms with Gasteiger partial charge in [0.15, 0.2) is 11.6 Å². The lowest BCUT2D eigenvalue weighted by molar-refractivity contribution is -0.137. The lowest BCUT2D eigenvalue weighted by atomic mass is 10.1. The predicted octanol–water partition coefficient (Wildman–Crippen LogP) is 4.16. The fraction of sp³-hybridized carbons (Fsp3) is 0.143. The molecule has 0 atom stereocenters. The topological polar surface area (TPSA) is 32.3 Å². The van der Waals surface area contributed by atoms with Gasteiger partial charge in [-0.05, 0) is 29.8 Å². The molecule has 0 unspecified atom stereocenters. The van der Waals surface area contributed by atoms with Gasteiger partial charge in [0.05, 0.1) is 5.56 Å². The van der Waals surface area contributed by atoms with Crippen molar-refractivity contribution in [2.45, 2.75) is 12.7 Å². The molecule has 20 heavy (non-hydrogen) atoms. The van der Waals surface area contributed by atoms with Crippen LogP contribution in [0.2, 0.25) is 0 Å². The normalized spacial score (nSPS) is 11.4.